The summed E-state index contributed by atoms with van der Waals surface area (Å²) in [5.41, 5.74) is 0. The number of hydrogen-bond donors (Lipinski definition) is 4. The Labute approximate surface area is 162 Å². The van der Waals surface area contributed by atoms with Gasteiger partial charge < -0.3 is 20.4 Å². The largest absolute Gasteiger partial charge is 0.481 e. The molecule has 1 rings (SSSR count). The topological polar surface area (TPSA) is 98.0 Å². The van der Waals surface area contributed by atoms with Crippen molar-refractivity contribution in [2.75, 3.05) is 0 Å². The average Bonchev–Trinajstić information content (AvgIpc) is 2.90. The van der Waals surface area contributed by atoms with E-state index < -0.39 is 24.3 Å². The minimum Gasteiger partial charge on any atom is -0.481 e. The van der Waals surface area contributed by atoms with E-state index in [1.165, 1.54) is 0 Å². The molecule has 0 saturated heterocycles. The number of rotatable bonds is 12. The Kier molecular flexibility index (Phi) is 11.7. The molecule has 1 aliphatic carbocycles. The Morgan fingerprint density at radius 3 is 2.30 bits per heavy atom. The van der Waals surface area contributed by atoms with Gasteiger partial charge in [-0.25, -0.2) is 0 Å². The van der Waals surface area contributed by atoms with Gasteiger partial charge in [0.15, 0.2) is 0 Å². The fraction of sp³-hybridized carbons (Fsp3) is 0.591. The smallest absolute Gasteiger partial charge is 0.303 e. The van der Waals surface area contributed by atoms with Crippen LogP contribution >= 0.6 is 0 Å². The molecule has 0 heterocycles. The van der Waals surface area contributed by atoms with Crippen LogP contribution < -0.4 is 0 Å². The molecule has 0 aromatic rings. The van der Waals surface area contributed by atoms with Crippen molar-refractivity contribution in [2.24, 2.45) is 11.8 Å². The number of carboxylic acid groups (broad SMARTS) is 1. The quantitative estimate of drug-likeness (QED) is 0.390. The molecule has 27 heavy (non-hydrogen) atoms. The molecule has 1 aliphatic rings. The summed E-state index contributed by atoms with van der Waals surface area (Å²) in [4.78, 5) is 10.3. The van der Waals surface area contributed by atoms with Gasteiger partial charge in [0, 0.05) is 18.8 Å². The minimum absolute atomic E-state index is 0.0577. The van der Waals surface area contributed by atoms with Crippen LogP contribution in [-0.2, 0) is 4.79 Å². The molecule has 0 unspecified atom stereocenters. The van der Waals surface area contributed by atoms with Crippen molar-refractivity contribution in [1.29, 1.82) is 0 Å². The first-order chi connectivity index (χ1) is 13.0. The molecule has 1 saturated carbocycles. The van der Waals surface area contributed by atoms with Gasteiger partial charge in [-0.05, 0) is 31.6 Å². The Bertz CT molecular complexity index is 535. The van der Waals surface area contributed by atoms with Gasteiger partial charge in [0.1, 0.15) is 0 Å². The third-order valence-electron chi connectivity index (χ3n) is 4.89. The van der Waals surface area contributed by atoms with Crippen LogP contribution in [0.5, 0.6) is 0 Å². The first kappa shape index (κ1) is 23.3. The molecule has 0 aromatic heterocycles. The predicted molar refractivity (Wildman–Crippen MR) is 107 cm³/mol. The molecule has 5 nitrogen and oxygen atoms in total. The third kappa shape index (κ3) is 9.70. The third-order valence-corrected chi connectivity index (χ3v) is 4.89. The summed E-state index contributed by atoms with van der Waals surface area (Å²) in [6, 6.07) is 0. The fourth-order valence-electron chi connectivity index (χ4n) is 3.37. The molecule has 0 bridgehead atoms. The van der Waals surface area contributed by atoms with E-state index >= 15 is 0 Å². The number of carbonyl (C=O) groups is 1. The van der Waals surface area contributed by atoms with Gasteiger partial charge in [-0.1, -0.05) is 62.0 Å². The second-order valence-electron chi connectivity index (χ2n) is 7.03. The highest BCUT2D eigenvalue weighted by molar-refractivity contribution is 5.66. The van der Waals surface area contributed by atoms with Crippen molar-refractivity contribution in [2.45, 2.75) is 70.2 Å². The van der Waals surface area contributed by atoms with Crippen molar-refractivity contribution in [3.63, 3.8) is 0 Å². The molecule has 0 aromatic carbocycles. The van der Waals surface area contributed by atoms with Gasteiger partial charge >= 0.3 is 5.97 Å². The summed E-state index contributed by atoms with van der Waals surface area (Å²) in [6.07, 6.45) is 17.8. The van der Waals surface area contributed by atoms with Gasteiger partial charge in [0.2, 0.25) is 0 Å². The number of allylic oxidation sites excluding steroid dienone is 5. The van der Waals surface area contributed by atoms with E-state index in [0.717, 1.165) is 19.3 Å². The molecule has 5 heteroatoms. The summed E-state index contributed by atoms with van der Waals surface area (Å²) in [7, 11) is 0. The second-order valence-corrected chi connectivity index (χ2v) is 7.03. The van der Waals surface area contributed by atoms with Gasteiger partial charge in [-0.2, -0.15) is 0 Å². The highest BCUT2D eigenvalue weighted by atomic mass is 16.4. The lowest BCUT2D eigenvalue weighted by Gasteiger charge is -2.19. The summed E-state index contributed by atoms with van der Waals surface area (Å²) < 4.78 is 0. The lowest BCUT2D eigenvalue weighted by molar-refractivity contribution is -0.136. The Morgan fingerprint density at radius 1 is 1.04 bits per heavy atom. The SMILES string of the molecule is CC[C@@H]1[C@H](/C=C/[C@H](O)C/C=C\C/C=C\C/C=C\CCC(=O)O)[C@H](O)C[C@@H]1O. The van der Waals surface area contributed by atoms with E-state index in [1.54, 1.807) is 6.08 Å². The van der Waals surface area contributed by atoms with E-state index in [0.29, 0.717) is 19.3 Å². The molecule has 0 amide bonds. The summed E-state index contributed by atoms with van der Waals surface area (Å²) >= 11 is 0. The lowest BCUT2D eigenvalue weighted by atomic mass is 9.90. The average molecular weight is 379 g/mol. The number of aliphatic carboxylic acids is 1. The summed E-state index contributed by atoms with van der Waals surface area (Å²) in [5.74, 6) is -0.808. The van der Waals surface area contributed by atoms with Crippen molar-refractivity contribution in [3.8, 4) is 0 Å². The first-order valence-corrected chi connectivity index (χ1v) is 9.85. The molecule has 0 aliphatic heterocycles. The van der Waals surface area contributed by atoms with Gasteiger partial charge in [0.25, 0.3) is 0 Å². The van der Waals surface area contributed by atoms with Crippen LogP contribution in [-0.4, -0.2) is 44.7 Å². The fourth-order valence-corrected chi connectivity index (χ4v) is 3.37. The van der Waals surface area contributed by atoms with E-state index in [4.69, 9.17) is 5.11 Å². The Hall–Kier alpha value is -1.69. The Morgan fingerprint density at radius 2 is 1.67 bits per heavy atom. The maximum Gasteiger partial charge on any atom is 0.303 e. The lowest BCUT2D eigenvalue weighted by Crippen LogP contribution is -2.20. The zero-order valence-corrected chi connectivity index (χ0v) is 16.2. The van der Waals surface area contributed by atoms with E-state index in [2.05, 4.69) is 0 Å². The molecule has 0 radical (unpaired) electrons. The minimum atomic E-state index is -0.778. The number of carboxylic acids is 1. The van der Waals surface area contributed by atoms with Crippen molar-refractivity contribution >= 4 is 5.97 Å². The van der Waals surface area contributed by atoms with Crippen LogP contribution in [0, 0.1) is 11.8 Å². The Balaban J connectivity index is 2.21. The van der Waals surface area contributed by atoms with Crippen LogP contribution in [0.4, 0.5) is 0 Å². The predicted octanol–water partition coefficient (Wildman–Crippen LogP) is 3.38. The van der Waals surface area contributed by atoms with Crippen LogP contribution in [0.15, 0.2) is 48.6 Å². The van der Waals surface area contributed by atoms with Gasteiger partial charge in [0.05, 0.1) is 18.3 Å². The standard InChI is InChI=1S/C22H34O5/c1-2-18-19(21(25)16-20(18)24)15-14-17(23)12-10-8-6-4-3-5-7-9-11-13-22(26)27/h3-4,7-10,14-15,17-21,23-25H,2,5-6,11-13,16H2,1H3,(H,26,27)/b4-3-,9-7-,10-8-,15-14+/t17-,18-,19+,20+,21-/m1/s1. The molecule has 152 valence electrons. The van der Waals surface area contributed by atoms with E-state index in [-0.39, 0.29) is 18.3 Å². The van der Waals surface area contributed by atoms with E-state index in [1.807, 2.05) is 49.5 Å². The highest BCUT2D eigenvalue weighted by Gasteiger charge is 2.38. The van der Waals surface area contributed by atoms with Crippen molar-refractivity contribution < 1.29 is 25.2 Å². The maximum atomic E-state index is 10.3. The monoisotopic (exact) mass is 378 g/mol. The number of hydrogen-bond acceptors (Lipinski definition) is 4. The van der Waals surface area contributed by atoms with Crippen LogP contribution in [0.2, 0.25) is 0 Å². The molecular formula is C22H34O5. The molecular weight excluding hydrogens is 344 g/mol. The molecule has 4 N–H and O–H groups in total. The van der Waals surface area contributed by atoms with Crippen LogP contribution in [0.25, 0.3) is 0 Å². The zero-order valence-electron chi connectivity index (χ0n) is 16.2. The summed E-state index contributed by atoms with van der Waals surface area (Å²) in [5, 5.41) is 38.5. The van der Waals surface area contributed by atoms with Crippen LogP contribution in [0.3, 0.4) is 0 Å². The van der Waals surface area contributed by atoms with Crippen molar-refractivity contribution in [1.82, 2.24) is 0 Å². The number of aliphatic hydroxyl groups is 3. The van der Waals surface area contributed by atoms with Gasteiger partial charge in [-0.15, -0.1) is 0 Å². The first-order valence-electron chi connectivity index (χ1n) is 9.85. The second kappa shape index (κ2) is 13.5. The normalized spacial score (nSPS) is 27.6. The zero-order chi connectivity index (χ0) is 20.1. The maximum absolute atomic E-state index is 10.3. The van der Waals surface area contributed by atoms with Gasteiger partial charge in [-0.3, -0.25) is 4.79 Å². The molecule has 1 fully saturated rings. The molecule has 5 atom stereocenters. The summed E-state index contributed by atoms with van der Waals surface area (Å²) in [6.45, 7) is 2.01. The molecule has 0 spiro atoms. The number of aliphatic hydroxyl groups excluding tert-OH is 3. The van der Waals surface area contributed by atoms with Crippen LogP contribution in [0.1, 0.15) is 51.9 Å². The van der Waals surface area contributed by atoms with E-state index in [9.17, 15) is 20.1 Å². The van der Waals surface area contributed by atoms with Crippen molar-refractivity contribution in [3.05, 3.63) is 48.6 Å². The highest BCUT2D eigenvalue weighted by Crippen LogP contribution is 2.35.